The minimum Gasteiger partial charge on any atom is -0.357 e. The largest absolute Gasteiger partial charge is 0.357 e. The number of rotatable bonds is 7. The van der Waals surface area contributed by atoms with Crippen LogP contribution in [0.4, 0.5) is 0 Å². The Labute approximate surface area is 156 Å². The highest BCUT2D eigenvalue weighted by molar-refractivity contribution is 7.10. The second-order valence-corrected chi connectivity index (χ2v) is 6.63. The third-order valence-corrected chi connectivity index (χ3v) is 4.69. The number of aliphatic imine (C=N–C) groups is 1. The zero-order valence-corrected chi connectivity index (χ0v) is 15.7. The third kappa shape index (κ3) is 4.89. The monoisotopic (exact) mass is 370 g/mol. The van der Waals surface area contributed by atoms with Crippen LogP contribution in [0.3, 0.4) is 0 Å². The number of nitrogens with one attached hydrogen (secondary N) is 2. The summed E-state index contributed by atoms with van der Waals surface area (Å²) in [5, 5.41) is 12.7. The van der Waals surface area contributed by atoms with Crippen molar-refractivity contribution in [3.8, 4) is 11.6 Å². The van der Waals surface area contributed by atoms with Crippen LogP contribution in [0.2, 0.25) is 0 Å². The molecule has 0 saturated carbocycles. The van der Waals surface area contributed by atoms with E-state index < -0.39 is 0 Å². The molecule has 136 valence electrons. The van der Waals surface area contributed by atoms with Crippen LogP contribution in [0.5, 0.6) is 0 Å². The Bertz CT molecular complexity index is 842. The Balaban J connectivity index is 1.53. The molecule has 0 bridgehead atoms. The van der Waals surface area contributed by atoms with Gasteiger partial charge < -0.3 is 15.2 Å². The first-order valence-electron chi connectivity index (χ1n) is 8.55. The van der Waals surface area contributed by atoms with E-state index in [1.165, 1.54) is 10.4 Å². The lowest BCUT2D eigenvalue weighted by Gasteiger charge is -2.10. The summed E-state index contributed by atoms with van der Waals surface area (Å²) in [6.07, 6.45) is 2.34. The van der Waals surface area contributed by atoms with Crippen molar-refractivity contribution in [1.82, 2.24) is 25.8 Å². The van der Waals surface area contributed by atoms with Crippen molar-refractivity contribution in [3.63, 3.8) is 0 Å². The molecule has 3 aromatic rings. The molecule has 0 radical (unpaired) electrons. The zero-order chi connectivity index (χ0) is 18.2. The SMILES string of the molecule is CCNC(=NCc1sccc1C)NCCc1noc(-c2ccccn2)n1. The van der Waals surface area contributed by atoms with Gasteiger partial charge in [0.1, 0.15) is 5.69 Å². The van der Waals surface area contributed by atoms with Gasteiger partial charge in [-0.05, 0) is 43.0 Å². The molecule has 0 saturated heterocycles. The van der Waals surface area contributed by atoms with E-state index in [2.05, 4.69) is 49.1 Å². The highest BCUT2D eigenvalue weighted by Crippen LogP contribution is 2.16. The van der Waals surface area contributed by atoms with E-state index in [1.54, 1.807) is 17.5 Å². The molecule has 0 aliphatic heterocycles. The molecule has 7 nitrogen and oxygen atoms in total. The normalized spacial score (nSPS) is 11.5. The maximum atomic E-state index is 5.27. The molecule has 3 rings (SSSR count). The zero-order valence-electron chi connectivity index (χ0n) is 14.9. The van der Waals surface area contributed by atoms with Gasteiger partial charge in [0.2, 0.25) is 0 Å². The van der Waals surface area contributed by atoms with Crippen molar-refractivity contribution >= 4 is 17.3 Å². The number of aromatic nitrogens is 3. The maximum Gasteiger partial charge on any atom is 0.276 e. The van der Waals surface area contributed by atoms with Crippen LogP contribution < -0.4 is 10.6 Å². The van der Waals surface area contributed by atoms with E-state index in [0.717, 1.165) is 12.5 Å². The predicted molar refractivity (Wildman–Crippen MR) is 103 cm³/mol. The van der Waals surface area contributed by atoms with Gasteiger partial charge in [-0.25, -0.2) is 4.99 Å². The average molecular weight is 370 g/mol. The molecular weight excluding hydrogens is 348 g/mol. The summed E-state index contributed by atoms with van der Waals surface area (Å²) in [6, 6.07) is 7.70. The fraction of sp³-hybridized carbons (Fsp3) is 0.333. The molecule has 0 aliphatic carbocycles. The predicted octanol–water partition coefficient (Wildman–Crippen LogP) is 2.80. The summed E-state index contributed by atoms with van der Waals surface area (Å²) in [6.45, 7) is 6.30. The van der Waals surface area contributed by atoms with E-state index >= 15 is 0 Å². The van der Waals surface area contributed by atoms with Crippen molar-refractivity contribution in [2.45, 2.75) is 26.8 Å². The minimum absolute atomic E-state index is 0.439. The average Bonchev–Trinajstić information content (AvgIpc) is 3.29. The van der Waals surface area contributed by atoms with Crippen molar-refractivity contribution < 1.29 is 4.52 Å². The number of pyridine rings is 1. The van der Waals surface area contributed by atoms with Crippen LogP contribution in [-0.4, -0.2) is 34.2 Å². The molecule has 3 aromatic heterocycles. The quantitative estimate of drug-likeness (QED) is 0.491. The molecule has 0 amide bonds. The number of guanidine groups is 1. The number of hydrogen-bond acceptors (Lipinski definition) is 6. The van der Waals surface area contributed by atoms with Crippen LogP contribution in [0.25, 0.3) is 11.6 Å². The summed E-state index contributed by atoms with van der Waals surface area (Å²) in [7, 11) is 0. The van der Waals surface area contributed by atoms with E-state index in [9.17, 15) is 0 Å². The van der Waals surface area contributed by atoms with Gasteiger partial charge in [-0.1, -0.05) is 11.2 Å². The Kier molecular flexibility index (Phi) is 6.32. The van der Waals surface area contributed by atoms with E-state index in [0.29, 0.717) is 36.9 Å². The highest BCUT2D eigenvalue weighted by Gasteiger charge is 2.09. The fourth-order valence-corrected chi connectivity index (χ4v) is 3.13. The topological polar surface area (TPSA) is 88.2 Å². The lowest BCUT2D eigenvalue weighted by Crippen LogP contribution is -2.38. The molecule has 0 aromatic carbocycles. The number of hydrogen-bond donors (Lipinski definition) is 2. The van der Waals surface area contributed by atoms with Crippen LogP contribution in [0, 0.1) is 6.92 Å². The van der Waals surface area contributed by atoms with E-state index in [4.69, 9.17) is 4.52 Å². The van der Waals surface area contributed by atoms with Crippen molar-refractivity contribution in [2.24, 2.45) is 4.99 Å². The first-order valence-corrected chi connectivity index (χ1v) is 9.43. The van der Waals surface area contributed by atoms with Gasteiger partial charge in [0.05, 0.1) is 6.54 Å². The molecule has 0 spiro atoms. The van der Waals surface area contributed by atoms with Crippen LogP contribution in [-0.2, 0) is 13.0 Å². The summed E-state index contributed by atoms with van der Waals surface area (Å²) in [4.78, 5) is 14.5. The van der Waals surface area contributed by atoms with Gasteiger partial charge in [-0.3, -0.25) is 4.98 Å². The molecule has 26 heavy (non-hydrogen) atoms. The molecular formula is C18H22N6OS. The summed E-state index contributed by atoms with van der Waals surface area (Å²) in [5.41, 5.74) is 1.96. The van der Waals surface area contributed by atoms with Crippen LogP contribution in [0.15, 0.2) is 45.4 Å². The number of thiophene rings is 1. The summed E-state index contributed by atoms with van der Waals surface area (Å²) in [5.74, 6) is 1.87. The number of aryl methyl sites for hydroxylation is 1. The van der Waals surface area contributed by atoms with Crippen molar-refractivity contribution in [1.29, 1.82) is 0 Å². The van der Waals surface area contributed by atoms with Gasteiger partial charge >= 0.3 is 0 Å². The number of nitrogens with zero attached hydrogens (tertiary/aromatic N) is 4. The second-order valence-electron chi connectivity index (χ2n) is 5.63. The van der Waals surface area contributed by atoms with Gasteiger partial charge in [-0.2, -0.15) is 4.98 Å². The van der Waals surface area contributed by atoms with E-state index in [-0.39, 0.29) is 0 Å². The molecule has 3 heterocycles. The first-order chi connectivity index (χ1) is 12.8. The Hall–Kier alpha value is -2.74. The minimum atomic E-state index is 0.439. The highest BCUT2D eigenvalue weighted by atomic mass is 32.1. The Morgan fingerprint density at radius 2 is 2.19 bits per heavy atom. The van der Waals surface area contributed by atoms with Crippen LogP contribution in [0.1, 0.15) is 23.2 Å². The fourth-order valence-electron chi connectivity index (χ4n) is 2.30. The van der Waals surface area contributed by atoms with Gasteiger partial charge in [0.15, 0.2) is 11.8 Å². The van der Waals surface area contributed by atoms with Gasteiger partial charge in [-0.15, -0.1) is 11.3 Å². The first kappa shape index (κ1) is 18.1. The molecule has 0 unspecified atom stereocenters. The summed E-state index contributed by atoms with van der Waals surface area (Å²) < 4.78 is 5.27. The van der Waals surface area contributed by atoms with Crippen LogP contribution >= 0.6 is 11.3 Å². The second kappa shape index (κ2) is 9.10. The Morgan fingerprint density at radius 3 is 2.92 bits per heavy atom. The molecule has 2 N–H and O–H groups in total. The maximum absolute atomic E-state index is 5.27. The third-order valence-electron chi connectivity index (χ3n) is 3.69. The molecule has 0 aliphatic rings. The standard InChI is InChI=1S/C18H22N6OS/c1-3-19-18(22-12-15-13(2)8-11-26-15)21-10-7-16-23-17(25-24-16)14-6-4-5-9-20-14/h4-6,8-9,11H,3,7,10,12H2,1-2H3,(H2,19,21,22). The summed E-state index contributed by atoms with van der Waals surface area (Å²) >= 11 is 1.73. The smallest absolute Gasteiger partial charge is 0.276 e. The molecule has 0 atom stereocenters. The molecule has 0 fully saturated rings. The van der Waals surface area contributed by atoms with E-state index in [1.807, 2.05) is 25.1 Å². The van der Waals surface area contributed by atoms with Gasteiger partial charge in [0.25, 0.3) is 5.89 Å². The van der Waals surface area contributed by atoms with Gasteiger partial charge in [0, 0.05) is 30.6 Å². The molecule has 8 heteroatoms. The Morgan fingerprint density at radius 1 is 1.27 bits per heavy atom. The van der Waals surface area contributed by atoms with Crippen molar-refractivity contribution in [3.05, 3.63) is 52.1 Å². The van der Waals surface area contributed by atoms with Crippen molar-refractivity contribution in [2.75, 3.05) is 13.1 Å². The lowest BCUT2D eigenvalue weighted by molar-refractivity contribution is 0.421. The lowest BCUT2D eigenvalue weighted by atomic mass is 10.3.